The number of terminal acetylenes is 1. The van der Waals surface area contributed by atoms with Crippen molar-refractivity contribution < 1.29 is 17.6 Å². The largest absolute Gasteiger partial charge is 0.468 e. The van der Waals surface area contributed by atoms with E-state index in [1.165, 1.54) is 53.2 Å². The molecule has 2 aromatic carbocycles. The second kappa shape index (κ2) is 9.43. The number of hydrogen-bond donors (Lipinski definition) is 0. The Bertz CT molecular complexity index is 1570. The van der Waals surface area contributed by atoms with Gasteiger partial charge in [-0.15, -0.1) is 6.42 Å². The minimum absolute atomic E-state index is 0.0771. The number of thiazole rings is 1. The van der Waals surface area contributed by atoms with Crippen molar-refractivity contribution in [2.75, 3.05) is 7.05 Å². The first-order chi connectivity index (χ1) is 16.2. The van der Waals surface area contributed by atoms with Gasteiger partial charge in [0.1, 0.15) is 5.76 Å². The molecule has 0 saturated heterocycles. The van der Waals surface area contributed by atoms with Gasteiger partial charge in [0.2, 0.25) is 10.0 Å². The number of sulfonamides is 1. The summed E-state index contributed by atoms with van der Waals surface area (Å²) in [5.74, 6) is 2.68. The highest BCUT2D eigenvalue weighted by Gasteiger charge is 2.22. The smallest absolute Gasteiger partial charge is 0.279 e. The zero-order valence-electron chi connectivity index (χ0n) is 19.0. The van der Waals surface area contributed by atoms with Crippen LogP contribution in [-0.2, 0) is 23.1 Å². The third-order valence-electron chi connectivity index (χ3n) is 5.51. The lowest BCUT2D eigenvalue weighted by molar-refractivity contribution is 0.0998. The van der Waals surface area contributed by atoms with Crippen LogP contribution in [0.3, 0.4) is 0 Å². The van der Waals surface area contributed by atoms with Crippen LogP contribution in [0.25, 0.3) is 10.2 Å². The molecular weight excluding hydrogens is 470 g/mol. The predicted octanol–water partition coefficient (Wildman–Crippen LogP) is 4.11. The first-order valence-corrected chi connectivity index (χ1v) is 12.7. The molecule has 0 atom stereocenters. The van der Waals surface area contributed by atoms with Gasteiger partial charge in [0.05, 0.1) is 34.5 Å². The molecule has 34 heavy (non-hydrogen) atoms. The van der Waals surface area contributed by atoms with E-state index in [9.17, 15) is 13.2 Å². The maximum absolute atomic E-state index is 12.9. The van der Waals surface area contributed by atoms with E-state index in [1.807, 2.05) is 24.5 Å². The Balaban J connectivity index is 1.64. The summed E-state index contributed by atoms with van der Waals surface area (Å²) in [6, 6.07) is 13.3. The van der Waals surface area contributed by atoms with Crippen LogP contribution in [0.1, 0.15) is 27.2 Å². The van der Waals surface area contributed by atoms with E-state index in [4.69, 9.17) is 10.8 Å². The molecule has 0 radical (unpaired) electrons. The maximum Gasteiger partial charge on any atom is 0.279 e. The Morgan fingerprint density at radius 2 is 1.88 bits per heavy atom. The molecule has 0 unspecified atom stereocenters. The Morgan fingerprint density at radius 3 is 2.53 bits per heavy atom. The molecule has 2 heterocycles. The van der Waals surface area contributed by atoms with Crippen molar-refractivity contribution >= 4 is 37.5 Å². The van der Waals surface area contributed by atoms with Gasteiger partial charge >= 0.3 is 0 Å². The second-order valence-corrected chi connectivity index (χ2v) is 10.9. The van der Waals surface area contributed by atoms with Gasteiger partial charge in [0.25, 0.3) is 5.91 Å². The molecule has 0 aliphatic carbocycles. The maximum atomic E-state index is 12.9. The van der Waals surface area contributed by atoms with E-state index in [0.717, 1.165) is 21.3 Å². The van der Waals surface area contributed by atoms with Crippen LogP contribution >= 0.6 is 11.3 Å². The number of aryl methyl sites for hydroxylation is 2. The van der Waals surface area contributed by atoms with Gasteiger partial charge in [-0.2, -0.15) is 9.30 Å². The lowest BCUT2D eigenvalue weighted by atomic mass is 10.1. The molecule has 7 nitrogen and oxygen atoms in total. The lowest BCUT2D eigenvalue weighted by Crippen LogP contribution is -2.26. The molecule has 4 aromatic rings. The second-order valence-electron chi connectivity index (χ2n) is 7.86. The highest BCUT2D eigenvalue weighted by Crippen LogP contribution is 2.22. The van der Waals surface area contributed by atoms with Crippen LogP contribution in [0.2, 0.25) is 0 Å². The topological polar surface area (TPSA) is 84.9 Å². The van der Waals surface area contributed by atoms with Gasteiger partial charge in [-0.05, 0) is 73.5 Å². The summed E-state index contributed by atoms with van der Waals surface area (Å²) in [4.78, 5) is 17.8. The molecule has 1 amide bonds. The zero-order chi connectivity index (χ0) is 24.5. The van der Waals surface area contributed by atoms with E-state index < -0.39 is 15.9 Å². The third-order valence-corrected chi connectivity index (χ3v) is 8.37. The molecule has 0 aliphatic rings. The van der Waals surface area contributed by atoms with Gasteiger partial charge in [-0.3, -0.25) is 4.79 Å². The van der Waals surface area contributed by atoms with Crippen molar-refractivity contribution in [3.05, 3.63) is 82.0 Å². The van der Waals surface area contributed by atoms with E-state index in [-0.39, 0.29) is 23.5 Å². The average molecular weight is 494 g/mol. The summed E-state index contributed by atoms with van der Waals surface area (Å²) in [5.41, 5.74) is 3.49. The quantitative estimate of drug-likeness (QED) is 0.379. The van der Waals surface area contributed by atoms with Gasteiger partial charge in [0, 0.05) is 12.6 Å². The van der Waals surface area contributed by atoms with Crippen LogP contribution in [0, 0.1) is 26.2 Å². The summed E-state index contributed by atoms with van der Waals surface area (Å²) in [6.07, 6.45) is 7.05. The summed E-state index contributed by atoms with van der Waals surface area (Å²) in [7, 11) is -2.28. The molecule has 2 aromatic heterocycles. The Kier molecular flexibility index (Phi) is 6.57. The van der Waals surface area contributed by atoms with E-state index in [2.05, 4.69) is 17.0 Å². The summed E-state index contributed by atoms with van der Waals surface area (Å²) < 4.78 is 35.0. The molecule has 0 spiro atoms. The normalized spacial score (nSPS) is 12.4. The van der Waals surface area contributed by atoms with Gasteiger partial charge in [-0.25, -0.2) is 8.42 Å². The molecule has 4 rings (SSSR count). The average Bonchev–Trinajstić information content (AvgIpc) is 3.43. The molecule has 0 aliphatic heterocycles. The number of benzene rings is 2. The number of aromatic nitrogens is 1. The van der Waals surface area contributed by atoms with Crippen molar-refractivity contribution in [3.8, 4) is 12.3 Å². The molecular formula is C25H23N3O4S2. The SMILES string of the molecule is C#CCn1c(=NC(=O)c2ccc(S(=O)(=O)N(C)Cc3ccco3)cc2)sc2cc(C)c(C)cc21. The number of hydrogen-bond acceptors (Lipinski definition) is 5. The fraction of sp³-hybridized carbons (Fsp3) is 0.200. The third kappa shape index (κ3) is 4.61. The summed E-state index contributed by atoms with van der Waals surface area (Å²) in [6.45, 7) is 4.44. The number of carbonyl (C=O) groups excluding carboxylic acids is 1. The lowest BCUT2D eigenvalue weighted by Gasteiger charge is -2.16. The molecule has 0 saturated carbocycles. The number of rotatable bonds is 6. The zero-order valence-corrected chi connectivity index (χ0v) is 20.6. The first-order valence-electron chi connectivity index (χ1n) is 10.4. The summed E-state index contributed by atoms with van der Waals surface area (Å²) in [5, 5.41) is 0. The first kappa shape index (κ1) is 23.7. The highest BCUT2D eigenvalue weighted by molar-refractivity contribution is 7.89. The number of nitrogens with zero attached hydrogens (tertiary/aromatic N) is 3. The Labute approximate surface area is 202 Å². The van der Waals surface area contributed by atoms with E-state index in [1.54, 1.807) is 12.1 Å². The van der Waals surface area contributed by atoms with Crippen molar-refractivity contribution in [1.82, 2.24) is 8.87 Å². The number of furan rings is 1. The van der Waals surface area contributed by atoms with Crippen LogP contribution in [0.15, 0.2) is 69.1 Å². The van der Waals surface area contributed by atoms with Crippen LogP contribution in [-0.4, -0.2) is 30.2 Å². The van der Waals surface area contributed by atoms with Crippen molar-refractivity contribution in [2.24, 2.45) is 4.99 Å². The number of fused-ring (bicyclic) bond motifs is 1. The fourth-order valence-corrected chi connectivity index (χ4v) is 5.70. The molecule has 174 valence electrons. The van der Waals surface area contributed by atoms with E-state index >= 15 is 0 Å². The fourth-order valence-electron chi connectivity index (χ4n) is 3.46. The minimum atomic E-state index is -3.75. The van der Waals surface area contributed by atoms with E-state index in [0.29, 0.717) is 10.6 Å². The Morgan fingerprint density at radius 1 is 1.18 bits per heavy atom. The van der Waals surface area contributed by atoms with Crippen LogP contribution in [0.4, 0.5) is 0 Å². The predicted molar refractivity (Wildman–Crippen MR) is 132 cm³/mol. The standard InChI is InChI=1S/C25H23N3O4S2/c1-5-12-28-22-14-17(2)18(3)15-23(22)33-25(28)26-24(29)19-8-10-21(11-9-19)34(30,31)27(4)16-20-7-6-13-32-20/h1,6-11,13-15H,12,16H2,2-4H3. The number of amides is 1. The molecule has 9 heteroatoms. The van der Waals surface area contributed by atoms with Crippen LogP contribution in [0.5, 0.6) is 0 Å². The minimum Gasteiger partial charge on any atom is -0.468 e. The van der Waals surface area contributed by atoms with Crippen LogP contribution < -0.4 is 4.80 Å². The van der Waals surface area contributed by atoms with Gasteiger partial charge in [-0.1, -0.05) is 17.3 Å². The van der Waals surface area contributed by atoms with Crippen molar-refractivity contribution in [2.45, 2.75) is 31.8 Å². The molecule has 0 fully saturated rings. The molecule has 0 bridgehead atoms. The Hall–Kier alpha value is -3.45. The number of carbonyl (C=O) groups is 1. The summed E-state index contributed by atoms with van der Waals surface area (Å²) >= 11 is 1.39. The van der Waals surface area contributed by atoms with Gasteiger partial charge in [0.15, 0.2) is 4.80 Å². The highest BCUT2D eigenvalue weighted by atomic mass is 32.2. The van der Waals surface area contributed by atoms with Gasteiger partial charge < -0.3 is 8.98 Å². The van der Waals surface area contributed by atoms with Crippen molar-refractivity contribution in [1.29, 1.82) is 0 Å². The monoisotopic (exact) mass is 493 g/mol. The van der Waals surface area contributed by atoms with Crippen molar-refractivity contribution in [3.63, 3.8) is 0 Å². The molecule has 0 N–H and O–H groups in total.